The fraction of sp³-hybridized carbons (Fsp3) is 0.500. The van der Waals surface area contributed by atoms with Crippen LogP contribution >= 0.6 is 0 Å². The highest BCUT2D eigenvalue weighted by molar-refractivity contribution is 5.13. The fourth-order valence-corrected chi connectivity index (χ4v) is 1.57. The number of likely N-dealkylation sites (N-methyl/N-ethyl adjacent to an activating group) is 2. The fourth-order valence-electron chi connectivity index (χ4n) is 1.57. The molecule has 14 heavy (non-hydrogen) atoms. The molecule has 0 unspecified atom stereocenters. The average Bonchev–Trinajstić information content (AvgIpc) is 2.16. The van der Waals surface area contributed by atoms with Gasteiger partial charge in [-0.3, -0.25) is 0 Å². The summed E-state index contributed by atoms with van der Waals surface area (Å²) >= 11 is 0. The molecule has 0 aromatic heterocycles. The molecule has 0 amide bonds. The van der Waals surface area contributed by atoms with E-state index in [2.05, 4.69) is 49.7 Å². The van der Waals surface area contributed by atoms with E-state index in [0.29, 0.717) is 0 Å². The van der Waals surface area contributed by atoms with E-state index in [4.69, 9.17) is 0 Å². The Morgan fingerprint density at radius 2 is 1.79 bits per heavy atom. The van der Waals surface area contributed by atoms with E-state index in [-0.39, 0.29) is 0 Å². The third kappa shape index (κ3) is 3.90. The summed E-state index contributed by atoms with van der Waals surface area (Å²) in [6.07, 6.45) is 0. The van der Waals surface area contributed by atoms with Gasteiger partial charge in [-0.05, 0) is 7.05 Å². The van der Waals surface area contributed by atoms with Crippen molar-refractivity contribution in [3.05, 3.63) is 35.9 Å². The van der Waals surface area contributed by atoms with Gasteiger partial charge in [0.2, 0.25) is 0 Å². The summed E-state index contributed by atoms with van der Waals surface area (Å²) in [6, 6.07) is 10.7. The van der Waals surface area contributed by atoms with Gasteiger partial charge in [-0.1, -0.05) is 30.3 Å². The largest absolute Gasteiger partial charge is 0.324 e. The highest BCUT2D eigenvalue weighted by Gasteiger charge is 2.14. The van der Waals surface area contributed by atoms with Crippen molar-refractivity contribution in [3.8, 4) is 0 Å². The van der Waals surface area contributed by atoms with Gasteiger partial charge in [-0.15, -0.1) is 0 Å². The number of quaternary nitrogens is 1. The van der Waals surface area contributed by atoms with Crippen molar-refractivity contribution < 1.29 is 4.48 Å². The van der Waals surface area contributed by atoms with Gasteiger partial charge in [-0.2, -0.15) is 0 Å². The normalized spacial score (nSPS) is 11.6. The quantitative estimate of drug-likeness (QED) is 0.699. The summed E-state index contributed by atoms with van der Waals surface area (Å²) in [6.45, 7) is 3.33. The van der Waals surface area contributed by atoms with E-state index < -0.39 is 0 Å². The van der Waals surface area contributed by atoms with E-state index >= 15 is 0 Å². The third-order valence-electron chi connectivity index (χ3n) is 2.42. The van der Waals surface area contributed by atoms with Crippen LogP contribution in [-0.4, -0.2) is 38.7 Å². The summed E-state index contributed by atoms with van der Waals surface area (Å²) in [5, 5.41) is 3.19. The van der Waals surface area contributed by atoms with Gasteiger partial charge in [-0.25, -0.2) is 0 Å². The predicted molar refractivity (Wildman–Crippen MR) is 61.0 cm³/mol. The molecule has 0 aliphatic carbocycles. The number of rotatable bonds is 5. The monoisotopic (exact) mass is 193 g/mol. The molecule has 2 heteroatoms. The molecule has 0 saturated carbocycles. The molecule has 0 saturated heterocycles. The van der Waals surface area contributed by atoms with Crippen molar-refractivity contribution in [2.24, 2.45) is 0 Å². The lowest BCUT2D eigenvalue weighted by molar-refractivity contribution is -0.902. The van der Waals surface area contributed by atoms with Gasteiger partial charge in [0.1, 0.15) is 6.54 Å². The van der Waals surface area contributed by atoms with E-state index in [0.717, 1.165) is 24.1 Å². The Balaban J connectivity index is 2.50. The molecular weight excluding hydrogens is 172 g/mol. The zero-order valence-electron chi connectivity index (χ0n) is 9.46. The topological polar surface area (TPSA) is 12.0 Å². The van der Waals surface area contributed by atoms with Crippen molar-refractivity contribution in [1.82, 2.24) is 5.32 Å². The van der Waals surface area contributed by atoms with Crippen molar-refractivity contribution in [2.45, 2.75) is 6.54 Å². The first-order chi connectivity index (χ1) is 6.64. The number of nitrogens with zero attached hydrogens (tertiary/aromatic N) is 1. The van der Waals surface area contributed by atoms with Crippen LogP contribution in [0.2, 0.25) is 0 Å². The van der Waals surface area contributed by atoms with Crippen molar-refractivity contribution in [2.75, 3.05) is 34.2 Å². The van der Waals surface area contributed by atoms with Crippen LogP contribution in [0.4, 0.5) is 0 Å². The lowest BCUT2D eigenvalue weighted by Gasteiger charge is -2.29. The lowest BCUT2D eigenvalue weighted by atomic mass is 10.2. The Kier molecular flexibility index (Phi) is 4.11. The SMILES string of the molecule is CNCC[N+](C)(C)Cc1ccccc1. The molecular formula is C12H21N2+. The molecule has 0 atom stereocenters. The number of nitrogens with one attached hydrogen (secondary N) is 1. The second kappa shape index (κ2) is 5.13. The maximum atomic E-state index is 3.19. The maximum absolute atomic E-state index is 3.19. The van der Waals surface area contributed by atoms with Gasteiger partial charge < -0.3 is 9.80 Å². The van der Waals surface area contributed by atoms with Gasteiger partial charge in [0.05, 0.1) is 20.6 Å². The van der Waals surface area contributed by atoms with Crippen LogP contribution in [0.5, 0.6) is 0 Å². The average molecular weight is 193 g/mol. The Labute approximate surface area is 87.1 Å². The number of hydrogen-bond donors (Lipinski definition) is 1. The first kappa shape index (κ1) is 11.2. The van der Waals surface area contributed by atoms with Crippen LogP contribution in [0.25, 0.3) is 0 Å². The minimum absolute atomic E-state index is 1.03. The Hall–Kier alpha value is -0.860. The van der Waals surface area contributed by atoms with Crippen LogP contribution in [0.15, 0.2) is 30.3 Å². The minimum Gasteiger partial charge on any atom is -0.324 e. The van der Waals surface area contributed by atoms with Crippen molar-refractivity contribution in [1.29, 1.82) is 0 Å². The Morgan fingerprint density at radius 1 is 1.14 bits per heavy atom. The lowest BCUT2D eigenvalue weighted by Crippen LogP contribution is -2.43. The van der Waals surface area contributed by atoms with Crippen LogP contribution < -0.4 is 5.32 Å². The van der Waals surface area contributed by atoms with Crippen LogP contribution in [-0.2, 0) is 6.54 Å². The molecule has 0 aliphatic rings. The zero-order valence-corrected chi connectivity index (χ0v) is 9.46. The van der Waals surface area contributed by atoms with E-state index in [9.17, 15) is 0 Å². The number of hydrogen-bond acceptors (Lipinski definition) is 1. The molecule has 0 bridgehead atoms. The molecule has 0 radical (unpaired) electrons. The summed E-state index contributed by atoms with van der Waals surface area (Å²) in [7, 11) is 6.54. The van der Waals surface area contributed by atoms with Crippen LogP contribution in [0.1, 0.15) is 5.56 Å². The smallest absolute Gasteiger partial charge is 0.104 e. The highest BCUT2D eigenvalue weighted by atomic mass is 15.3. The molecule has 78 valence electrons. The second-order valence-corrected chi connectivity index (χ2v) is 4.41. The molecule has 1 aromatic rings. The first-order valence-corrected chi connectivity index (χ1v) is 5.14. The van der Waals surface area contributed by atoms with E-state index in [1.54, 1.807) is 0 Å². The second-order valence-electron chi connectivity index (χ2n) is 4.41. The molecule has 0 aliphatic heterocycles. The Bertz CT molecular complexity index is 254. The maximum Gasteiger partial charge on any atom is 0.104 e. The molecule has 1 rings (SSSR count). The van der Waals surface area contributed by atoms with Crippen molar-refractivity contribution >= 4 is 0 Å². The van der Waals surface area contributed by atoms with Crippen LogP contribution in [0, 0.1) is 0 Å². The Morgan fingerprint density at radius 3 is 2.36 bits per heavy atom. The van der Waals surface area contributed by atoms with E-state index in [1.165, 1.54) is 5.56 Å². The van der Waals surface area contributed by atoms with Gasteiger partial charge in [0.25, 0.3) is 0 Å². The molecule has 1 N–H and O–H groups in total. The van der Waals surface area contributed by atoms with Gasteiger partial charge in [0.15, 0.2) is 0 Å². The summed E-state index contributed by atoms with van der Waals surface area (Å²) in [5.41, 5.74) is 1.41. The molecule has 0 spiro atoms. The first-order valence-electron chi connectivity index (χ1n) is 5.14. The van der Waals surface area contributed by atoms with Crippen molar-refractivity contribution in [3.63, 3.8) is 0 Å². The third-order valence-corrected chi connectivity index (χ3v) is 2.42. The predicted octanol–water partition coefficient (Wildman–Crippen LogP) is 1.48. The summed E-state index contributed by atoms with van der Waals surface area (Å²) in [4.78, 5) is 0. The molecule has 2 nitrogen and oxygen atoms in total. The summed E-state index contributed by atoms with van der Waals surface area (Å²) in [5.74, 6) is 0. The zero-order chi connectivity index (χ0) is 10.4. The standard InChI is InChI=1S/C12H21N2/c1-13-9-10-14(2,3)11-12-7-5-4-6-8-12/h4-8,13H,9-11H2,1-3H3/q+1. The highest BCUT2D eigenvalue weighted by Crippen LogP contribution is 2.07. The van der Waals surface area contributed by atoms with Gasteiger partial charge in [0, 0.05) is 12.1 Å². The molecule has 0 fully saturated rings. The van der Waals surface area contributed by atoms with E-state index in [1.807, 2.05) is 7.05 Å². The molecule has 0 heterocycles. The molecule has 1 aromatic carbocycles. The summed E-state index contributed by atoms with van der Waals surface area (Å²) < 4.78 is 1.03. The van der Waals surface area contributed by atoms with Crippen LogP contribution in [0.3, 0.4) is 0 Å². The minimum atomic E-state index is 1.03. The van der Waals surface area contributed by atoms with Gasteiger partial charge >= 0.3 is 0 Å². The number of benzene rings is 1.